The van der Waals surface area contributed by atoms with E-state index in [0.29, 0.717) is 11.5 Å². The van der Waals surface area contributed by atoms with Crippen LogP contribution in [0.3, 0.4) is 0 Å². The van der Waals surface area contributed by atoms with E-state index in [1.807, 2.05) is 6.07 Å². The van der Waals surface area contributed by atoms with Crippen molar-refractivity contribution in [2.24, 2.45) is 0 Å². The number of hydrogen-bond donors (Lipinski definition) is 1. The van der Waals surface area contributed by atoms with Gasteiger partial charge in [-0.25, -0.2) is 13.1 Å². The molecule has 0 unspecified atom stereocenters. The first-order valence-electron chi connectivity index (χ1n) is 5.86. The lowest BCUT2D eigenvalue weighted by atomic mass is 9.87. The maximum atomic E-state index is 12.0. The molecule has 0 saturated carbocycles. The van der Waals surface area contributed by atoms with Crippen molar-refractivity contribution in [3.05, 3.63) is 29.8 Å². The molecule has 1 aromatic rings. The van der Waals surface area contributed by atoms with Crippen molar-refractivity contribution in [3.8, 4) is 0 Å². The molecule has 0 heterocycles. The number of nitrogens with one attached hydrogen (secondary N) is 1. The zero-order valence-corrected chi connectivity index (χ0v) is 12.2. The fourth-order valence-electron chi connectivity index (χ4n) is 1.49. The Labute approximate surface area is 109 Å². The first kappa shape index (κ1) is 15.1. The summed E-state index contributed by atoms with van der Waals surface area (Å²) in [6.07, 6.45) is 0. The van der Waals surface area contributed by atoms with Gasteiger partial charge in [-0.3, -0.25) is 0 Å². The molecule has 1 aromatic carbocycles. The lowest BCUT2D eigenvalue weighted by molar-refractivity contribution is 0.204. The highest BCUT2D eigenvalue weighted by atomic mass is 32.2. The highest BCUT2D eigenvalue weighted by molar-refractivity contribution is 7.89. The smallest absolute Gasteiger partial charge is 0.240 e. The van der Waals surface area contributed by atoms with Crippen molar-refractivity contribution < 1.29 is 13.2 Å². The second kappa shape index (κ2) is 5.82. The van der Waals surface area contributed by atoms with E-state index in [2.05, 4.69) is 25.5 Å². The van der Waals surface area contributed by atoms with Crippen molar-refractivity contribution >= 4 is 10.0 Å². The monoisotopic (exact) mass is 271 g/mol. The van der Waals surface area contributed by atoms with E-state index in [1.54, 1.807) is 18.2 Å². The summed E-state index contributed by atoms with van der Waals surface area (Å²) in [5, 5.41) is 0. The molecule has 0 amide bonds. The Kier molecular flexibility index (Phi) is 4.90. The number of ether oxygens (including phenoxy) is 1. The van der Waals surface area contributed by atoms with Gasteiger partial charge < -0.3 is 4.74 Å². The van der Waals surface area contributed by atoms with E-state index in [-0.39, 0.29) is 12.0 Å². The van der Waals surface area contributed by atoms with Gasteiger partial charge in [0.1, 0.15) is 0 Å². The summed E-state index contributed by atoms with van der Waals surface area (Å²) in [6, 6.07) is 7.03. The van der Waals surface area contributed by atoms with Crippen LogP contribution in [0, 0.1) is 0 Å². The molecule has 0 bridgehead atoms. The zero-order chi connectivity index (χ0) is 13.8. The lowest BCUT2D eigenvalue weighted by Gasteiger charge is -2.19. The molecule has 5 heteroatoms. The summed E-state index contributed by atoms with van der Waals surface area (Å²) < 4.78 is 31.4. The molecule has 0 aliphatic carbocycles. The van der Waals surface area contributed by atoms with Gasteiger partial charge in [0.25, 0.3) is 0 Å². The summed E-state index contributed by atoms with van der Waals surface area (Å²) in [4.78, 5) is 0.297. The second-order valence-corrected chi connectivity index (χ2v) is 6.94. The van der Waals surface area contributed by atoms with Crippen LogP contribution < -0.4 is 4.72 Å². The first-order chi connectivity index (χ1) is 8.27. The van der Waals surface area contributed by atoms with Crippen molar-refractivity contribution in [2.75, 3.05) is 20.3 Å². The lowest BCUT2D eigenvalue weighted by Crippen LogP contribution is -2.27. The Hall–Kier alpha value is -0.910. The van der Waals surface area contributed by atoms with Crippen LogP contribution in [0.5, 0.6) is 0 Å². The quantitative estimate of drug-likeness (QED) is 0.832. The van der Waals surface area contributed by atoms with Gasteiger partial charge in [-0.05, 0) is 23.1 Å². The molecule has 0 radical (unpaired) electrons. The highest BCUT2D eigenvalue weighted by Gasteiger charge is 2.18. The van der Waals surface area contributed by atoms with Crippen LogP contribution in [-0.2, 0) is 20.2 Å². The number of benzene rings is 1. The van der Waals surface area contributed by atoms with E-state index in [0.717, 1.165) is 5.56 Å². The molecule has 0 spiro atoms. The van der Waals surface area contributed by atoms with Crippen LogP contribution >= 0.6 is 0 Å². The third kappa shape index (κ3) is 4.08. The molecule has 1 rings (SSSR count). The summed E-state index contributed by atoms with van der Waals surface area (Å²) in [5.74, 6) is 0. The summed E-state index contributed by atoms with van der Waals surface area (Å²) in [5.41, 5.74) is 0.926. The van der Waals surface area contributed by atoms with Crippen LogP contribution in [0.15, 0.2) is 29.2 Å². The first-order valence-corrected chi connectivity index (χ1v) is 7.35. The topological polar surface area (TPSA) is 55.4 Å². The largest absolute Gasteiger partial charge is 0.383 e. The summed E-state index contributed by atoms with van der Waals surface area (Å²) in [6.45, 7) is 6.79. The fraction of sp³-hybridized carbons (Fsp3) is 0.538. The van der Waals surface area contributed by atoms with Crippen molar-refractivity contribution in [3.63, 3.8) is 0 Å². The number of rotatable bonds is 5. The molecule has 4 nitrogen and oxygen atoms in total. The van der Waals surface area contributed by atoms with E-state index >= 15 is 0 Å². The molecule has 1 N–H and O–H groups in total. The van der Waals surface area contributed by atoms with Crippen LogP contribution in [0.25, 0.3) is 0 Å². The van der Waals surface area contributed by atoms with Crippen molar-refractivity contribution in [1.82, 2.24) is 4.72 Å². The summed E-state index contributed by atoms with van der Waals surface area (Å²) in [7, 11) is -1.91. The average molecular weight is 271 g/mol. The number of methoxy groups -OCH3 is 1. The Bertz CT molecular complexity index is 489. The van der Waals surface area contributed by atoms with Gasteiger partial charge in [-0.15, -0.1) is 0 Å². The predicted molar refractivity (Wildman–Crippen MR) is 72.2 cm³/mol. The highest BCUT2D eigenvalue weighted by Crippen LogP contribution is 2.24. The van der Waals surface area contributed by atoms with Gasteiger partial charge in [-0.2, -0.15) is 0 Å². The molecule has 0 aliphatic heterocycles. The summed E-state index contributed by atoms with van der Waals surface area (Å²) >= 11 is 0. The second-order valence-electron chi connectivity index (χ2n) is 5.17. The maximum Gasteiger partial charge on any atom is 0.240 e. The normalized spacial score (nSPS) is 12.7. The van der Waals surface area contributed by atoms with Gasteiger partial charge in [-0.1, -0.05) is 32.9 Å². The Morgan fingerprint density at radius 1 is 1.28 bits per heavy atom. The minimum Gasteiger partial charge on any atom is -0.383 e. The van der Waals surface area contributed by atoms with E-state index < -0.39 is 10.0 Å². The van der Waals surface area contributed by atoms with E-state index in [9.17, 15) is 8.42 Å². The van der Waals surface area contributed by atoms with Crippen LogP contribution in [0.2, 0.25) is 0 Å². The van der Waals surface area contributed by atoms with Gasteiger partial charge >= 0.3 is 0 Å². The Balaban J connectivity index is 2.96. The predicted octanol–water partition coefficient (Wildman–Crippen LogP) is 1.91. The zero-order valence-electron chi connectivity index (χ0n) is 11.4. The van der Waals surface area contributed by atoms with Crippen LogP contribution in [0.4, 0.5) is 0 Å². The minimum atomic E-state index is -3.45. The van der Waals surface area contributed by atoms with E-state index in [1.165, 1.54) is 7.11 Å². The molecule has 0 atom stereocenters. The molecular formula is C13H21NO3S. The van der Waals surface area contributed by atoms with Crippen molar-refractivity contribution in [1.29, 1.82) is 0 Å². The van der Waals surface area contributed by atoms with Gasteiger partial charge in [0.15, 0.2) is 0 Å². The van der Waals surface area contributed by atoms with Crippen molar-refractivity contribution in [2.45, 2.75) is 31.1 Å². The Morgan fingerprint density at radius 3 is 2.50 bits per heavy atom. The van der Waals surface area contributed by atoms with E-state index in [4.69, 9.17) is 4.74 Å². The molecular weight excluding hydrogens is 250 g/mol. The maximum absolute atomic E-state index is 12.0. The molecule has 0 saturated heterocycles. The molecule has 102 valence electrons. The third-order valence-electron chi connectivity index (χ3n) is 2.61. The molecule has 0 aliphatic rings. The standard InChI is InChI=1S/C13H21NO3S/c1-13(2,3)11-6-5-7-12(10-11)18(15,16)14-8-9-17-4/h5-7,10,14H,8-9H2,1-4H3. The van der Waals surface area contributed by atoms with Gasteiger partial charge in [0.05, 0.1) is 11.5 Å². The van der Waals surface area contributed by atoms with Crippen LogP contribution in [-0.4, -0.2) is 28.7 Å². The molecule has 0 aromatic heterocycles. The minimum absolute atomic E-state index is 0.0714. The van der Waals surface area contributed by atoms with Gasteiger partial charge in [0.2, 0.25) is 10.0 Å². The Morgan fingerprint density at radius 2 is 1.94 bits per heavy atom. The number of hydrogen-bond acceptors (Lipinski definition) is 3. The fourth-order valence-corrected chi connectivity index (χ4v) is 2.55. The average Bonchev–Trinajstić information content (AvgIpc) is 2.28. The number of sulfonamides is 1. The van der Waals surface area contributed by atoms with Crippen LogP contribution in [0.1, 0.15) is 26.3 Å². The third-order valence-corrected chi connectivity index (χ3v) is 4.07. The SMILES string of the molecule is COCCNS(=O)(=O)c1cccc(C(C)(C)C)c1. The molecule has 0 fully saturated rings. The molecule has 18 heavy (non-hydrogen) atoms. The van der Waals surface area contributed by atoms with Gasteiger partial charge in [0, 0.05) is 13.7 Å².